The smallest absolute Gasteiger partial charge is 0.231 e. The van der Waals surface area contributed by atoms with Crippen LogP contribution in [0.15, 0.2) is 41.1 Å². The molecule has 4 heteroatoms. The van der Waals surface area contributed by atoms with Crippen LogP contribution in [-0.4, -0.2) is 12.5 Å². The number of carbonyl (C=O) groups is 1. The van der Waals surface area contributed by atoms with E-state index in [1.807, 2.05) is 48.0 Å². The van der Waals surface area contributed by atoms with Crippen molar-refractivity contribution >= 4 is 28.6 Å². The minimum atomic E-state index is 0.112. The Hall–Kier alpha value is -1.81. The predicted molar refractivity (Wildman–Crippen MR) is 76.9 cm³/mol. The number of nitrogens with two attached hydrogens (primary N) is 1. The van der Waals surface area contributed by atoms with Gasteiger partial charge in [-0.05, 0) is 53.6 Å². The molecule has 0 fully saturated rings. The molecule has 1 amide bonds. The second kappa shape index (κ2) is 5.69. The SMILES string of the molecule is CCN(C(=O)Cc1ccsc1)c1ccc(N)cc1. The average Bonchev–Trinajstić information content (AvgIpc) is 2.85. The summed E-state index contributed by atoms with van der Waals surface area (Å²) in [6.45, 7) is 2.63. The van der Waals surface area contributed by atoms with E-state index < -0.39 is 0 Å². The number of hydrogen-bond donors (Lipinski definition) is 1. The number of hydrogen-bond acceptors (Lipinski definition) is 3. The molecule has 0 spiro atoms. The Balaban J connectivity index is 2.13. The van der Waals surface area contributed by atoms with Crippen molar-refractivity contribution in [2.75, 3.05) is 17.2 Å². The number of anilines is 2. The van der Waals surface area contributed by atoms with Crippen molar-refractivity contribution in [3.8, 4) is 0 Å². The molecule has 18 heavy (non-hydrogen) atoms. The molecule has 0 saturated carbocycles. The lowest BCUT2D eigenvalue weighted by molar-refractivity contribution is -0.117. The highest BCUT2D eigenvalue weighted by Gasteiger charge is 2.14. The zero-order valence-corrected chi connectivity index (χ0v) is 11.1. The molecule has 1 heterocycles. The fourth-order valence-corrected chi connectivity index (χ4v) is 2.49. The van der Waals surface area contributed by atoms with Crippen LogP contribution in [0.25, 0.3) is 0 Å². The monoisotopic (exact) mass is 260 g/mol. The first-order valence-electron chi connectivity index (χ1n) is 5.87. The molecule has 2 rings (SSSR count). The molecule has 2 aromatic rings. The fraction of sp³-hybridized carbons (Fsp3) is 0.214. The Morgan fingerprint density at radius 3 is 2.56 bits per heavy atom. The summed E-state index contributed by atoms with van der Waals surface area (Å²) in [7, 11) is 0. The van der Waals surface area contributed by atoms with Gasteiger partial charge in [-0.2, -0.15) is 11.3 Å². The lowest BCUT2D eigenvalue weighted by Crippen LogP contribution is -2.31. The van der Waals surface area contributed by atoms with Crippen LogP contribution in [0.1, 0.15) is 12.5 Å². The van der Waals surface area contributed by atoms with Gasteiger partial charge in [-0.15, -0.1) is 0 Å². The van der Waals surface area contributed by atoms with E-state index in [0.29, 0.717) is 18.7 Å². The maximum absolute atomic E-state index is 12.2. The third-order valence-electron chi connectivity index (χ3n) is 2.76. The van der Waals surface area contributed by atoms with Crippen LogP contribution in [0.2, 0.25) is 0 Å². The van der Waals surface area contributed by atoms with Gasteiger partial charge in [0.2, 0.25) is 5.91 Å². The van der Waals surface area contributed by atoms with Gasteiger partial charge in [0.25, 0.3) is 0 Å². The summed E-state index contributed by atoms with van der Waals surface area (Å²) in [5.74, 6) is 0.112. The number of rotatable bonds is 4. The average molecular weight is 260 g/mol. The molecule has 0 aliphatic carbocycles. The van der Waals surface area contributed by atoms with Crippen LogP contribution in [0.4, 0.5) is 11.4 Å². The topological polar surface area (TPSA) is 46.3 Å². The number of amides is 1. The highest BCUT2D eigenvalue weighted by Crippen LogP contribution is 2.18. The molecule has 1 aromatic heterocycles. The van der Waals surface area contributed by atoms with E-state index in [1.165, 1.54) is 0 Å². The summed E-state index contributed by atoms with van der Waals surface area (Å²) in [5.41, 5.74) is 8.32. The number of nitrogen functional groups attached to an aromatic ring is 1. The molecule has 94 valence electrons. The van der Waals surface area contributed by atoms with Crippen LogP contribution in [0.3, 0.4) is 0 Å². The lowest BCUT2D eigenvalue weighted by atomic mass is 10.2. The van der Waals surface area contributed by atoms with Gasteiger partial charge in [0, 0.05) is 17.9 Å². The van der Waals surface area contributed by atoms with Gasteiger partial charge >= 0.3 is 0 Å². The molecule has 0 saturated heterocycles. The Morgan fingerprint density at radius 1 is 1.28 bits per heavy atom. The van der Waals surface area contributed by atoms with E-state index in [2.05, 4.69) is 0 Å². The van der Waals surface area contributed by atoms with Crippen LogP contribution in [-0.2, 0) is 11.2 Å². The van der Waals surface area contributed by atoms with Crippen molar-refractivity contribution in [3.63, 3.8) is 0 Å². The Labute approximate surface area is 111 Å². The highest BCUT2D eigenvalue weighted by atomic mass is 32.1. The first-order valence-corrected chi connectivity index (χ1v) is 6.82. The first kappa shape index (κ1) is 12.6. The van der Waals surface area contributed by atoms with Crippen LogP contribution < -0.4 is 10.6 Å². The van der Waals surface area contributed by atoms with E-state index in [4.69, 9.17) is 5.73 Å². The predicted octanol–water partition coefficient (Wildman–Crippen LogP) is 2.93. The normalized spacial score (nSPS) is 10.3. The van der Waals surface area contributed by atoms with Crippen molar-refractivity contribution < 1.29 is 4.79 Å². The zero-order valence-electron chi connectivity index (χ0n) is 10.3. The van der Waals surface area contributed by atoms with Gasteiger partial charge in [-0.25, -0.2) is 0 Å². The van der Waals surface area contributed by atoms with Crippen molar-refractivity contribution in [3.05, 3.63) is 46.7 Å². The van der Waals surface area contributed by atoms with Crippen molar-refractivity contribution in [2.45, 2.75) is 13.3 Å². The molecule has 0 bridgehead atoms. The number of benzene rings is 1. The van der Waals surface area contributed by atoms with Gasteiger partial charge in [0.05, 0.1) is 6.42 Å². The largest absolute Gasteiger partial charge is 0.399 e. The summed E-state index contributed by atoms with van der Waals surface area (Å²) >= 11 is 1.61. The molecule has 0 aliphatic rings. The van der Waals surface area contributed by atoms with Gasteiger partial charge in [0.1, 0.15) is 0 Å². The zero-order chi connectivity index (χ0) is 13.0. The minimum absolute atomic E-state index is 0.112. The Bertz CT molecular complexity index is 505. The fourth-order valence-electron chi connectivity index (χ4n) is 1.82. The van der Waals surface area contributed by atoms with Gasteiger partial charge in [-0.3, -0.25) is 4.79 Å². The second-order valence-electron chi connectivity index (χ2n) is 4.04. The van der Waals surface area contributed by atoms with Crippen LogP contribution in [0, 0.1) is 0 Å². The standard InChI is InChI=1S/C14H16N2OS/c1-2-16(13-5-3-12(15)4-6-13)14(17)9-11-7-8-18-10-11/h3-8,10H,2,9,15H2,1H3. The molecule has 3 nitrogen and oxygen atoms in total. The maximum Gasteiger partial charge on any atom is 0.231 e. The molecule has 0 unspecified atom stereocenters. The van der Waals surface area contributed by atoms with Crippen molar-refractivity contribution in [1.82, 2.24) is 0 Å². The van der Waals surface area contributed by atoms with Crippen LogP contribution >= 0.6 is 11.3 Å². The van der Waals surface area contributed by atoms with E-state index >= 15 is 0 Å². The van der Waals surface area contributed by atoms with Gasteiger partial charge in [-0.1, -0.05) is 0 Å². The minimum Gasteiger partial charge on any atom is -0.399 e. The summed E-state index contributed by atoms with van der Waals surface area (Å²) in [4.78, 5) is 14.0. The number of likely N-dealkylation sites (N-methyl/N-ethyl adjacent to an activating group) is 1. The molecule has 1 aromatic carbocycles. The maximum atomic E-state index is 12.2. The summed E-state index contributed by atoms with van der Waals surface area (Å²) in [6, 6.07) is 9.37. The quantitative estimate of drug-likeness (QED) is 0.859. The van der Waals surface area contributed by atoms with E-state index in [0.717, 1.165) is 11.3 Å². The third-order valence-corrected chi connectivity index (χ3v) is 3.49. The lowest BCUT2D eigenvalue weighted by Gasteiger charge is -2.21. The Morgan fingerprint density at radius 2 is 2.00 bits per heavy atom. The van der Waals surface area contributed by atoms with Crippen LogP contribution in [0.5, 0.6) is 0 Å². The Kier molecular flexibility index (Phi) is 3.99. The number of nitrogens with zero attached hydrogens (tertiary/aromatic N) is 1. The summed E-state index contributed by atoms with van der Waals surface area (Å²) in [5, 5.41) is 4.00. The number of carbonyl (C=O) groups excluding carboxylic acids is 1. The van der Waals surface area contributed by atoms with Gasteiger partial charge in [0.15, 0.2) is 0 Å². The second-order valence-corrected chi connectivity index (χ2v) is 4.82. The summed E-state index contributed by atoms with van der Waals surface area (Å²) in [6.07, 6.45) is 0.446. The molecule has 2 N–H and O–H groups in total. The molecule has 0 aliphatic heterocycles. The summed E-state index contributed by atoms with van der Waals surface area (Å²) < 4.78 is 0. The molecule has 0 radical (unpaired) electrons. The highest BCUT2D eigenvalue weighted by molar-refractivity contribution is 7.08. The van der Waals surface area contributed by atoms with Crippen molar-refractivity contribution in [1.29, 1.82) is 0 Å². The third kappa shape index (κ3) is 2.90. The van der Waals surface area contributed by atoms with Crippen molar-refractivity contribution in [2.24, 2.45) is 0 Å². The van der Waals surface area contributed by atoms with Gasteiger partial charge < -0.3 is 10.6 Å². The first-order chi connectivity index (χ1) is 8.70. The number of thiophene rings is 1. The molecular weight excluding hydrogens is 244 g/mol. The molecular formula is C14H16N2OS. The van der Waals surface area contributed by atoms with E-state index in [9.17, 15) is 4.79 Å². The molecule has 0 atom stereocenters. The van der Waals surface area contributed by atoms with E-state index in [1.54, 1.807) is 16.2 Å². The van der Waals surface area contributed by atoms with E-state index in [-0.39, 0.29) is 5.91 Å².